The van der Waals surface area contributed by atoms with Gasteiger partial charge in [-0.2, -0.15) is 5.01 Å². The zero-order valence-corrected chi connectivity index (χ0v) is 15.9. The smallest absolute Gasteiger partial charge is 0.322 e. The quantitative estimate of drug-likeness (QED) is 0.750. The lowest BCUT2D eigenvalue weighted by Crippen LogP contribution is -2.52. The Hall–Kier alpha value is -1.63. The Morgan fingerprint density at radius 2 is 1.65 bits per heavy atom. The summed E-state index contributed by atoms with van der Waals surface area (Å²) in [6, 6.07) is -0.104. The highest BCUT2D eigenvalue weighted by atomic mass is 16.2. The Labute approximate surface area is 155 Å². The molecule has 2 saturated carbocycles. The second-order valence-corrected chi connectivity index (χ2v) is 8.16. The first-order chi connectivity index (χ1) is 12.5. The summed E-state index contributed by atoms with van der Waals surface area (Å²) < 4.78 is 0. The van der Waals surface area contributed by atoms with Crippen LogP contribution in [0.15, 0.2) is 0 Å². The van der Waals surface area contributed by atoms with Gasteiger partial charge >= 0.3 is 6.03 Å². The molecule has 1 saturated heterocycles. The van der Waals surface area contributed by atoms with Crippen molar-refractivity contribution in [3.63, 3.8) is 0 Å². The van der Waals surface area contributed by atoms with Crippen LogP contribution in [0.5, 0.6) is 0 Å². The summed E-state index contributed by atoms with van der Waals surface area (Å²) in [6.45, 7) is 0.203. The number of carbonyl (C=O) groups excluding carboxylic acids is 3. The molecule has 0 unspecified atom stereocenters. The summed E-state index contributed by atoms with van der Waals surface area (Å²) in [5.41, 5.74) is 1.74. The number of urea groups is 1. The Kier molecular flexibility index (Phi) is 6.16. The van der Waals surface area contributed by atoms with E-state index in [1.54, 1.807) is 0 Å². The Morgan fingerprint density at radius 3 is 2.31 bits per heavy atom. The first kappa shape index (κ1) is 19.1. The highest BCUT2D eigenvalue weighted by Gasteiger charge is 2.52. The number of rotatable bonds is 4. The van der Waals surface area contributed by atoms with Crippen molar-refractivity contribution in [1.29, 1.82) is 0 Å². The standard InChI is InChI=1S/C19H32N4O3/c1-22(15-10-6-3-2-4-7-11-15)14-16(24)21-23-17(25)19(20-18(23)26)12-8-5-9-13-19/h15H,2-14H2,1H3,(H,20,26)(H,21,24). The van der Waals surface area contributed by atoms with E-state index in [4.69, 9.17) is 0 Å². The maximum Gasteiger partial charge on any atom is 0.344 e. The number of likely N-dealkylation sites (N-methyl/N-ethyl adjacent to an activating group) is 1. The summed E-state index contributed by atoms with van der Waals surface area (Å²) >= 11 is 0. The maximum absolute atomic E-state index is 12.7. The van der Waals surface area contributed by atoms with Crippen molar-refractivity contribution in [3.05, 3.63) is 0 Å². The number of imide groups is 1. The van der Waals surface area contributed by atoms with Gasteiger partial charge in [0.15, 0.2) is 0 Å². The molecule has 3 fully saturated rings. The molecule has 0 bridgehead atoms. The van der Waals surface area contributed by atoms with Crippen molar-refractivity contribution >= 4 is 17.8 Å². The van der Waals surface area contributed by atoms with Crippen LogP contribution in [-0.2, 0) is 9.59 Å². The van der Waals surface area contributed by atoms with Gasteiger partial charge < -0.3 is 5.32 Å². The molecule has 0 aromatic heterocycles. The van der Waals surface area contributed by atoms with Gasteiger partial charge in [0, 0.05) is 6.04 Å². The van der Waals surface area contributed by atoms with Crippen LogP contribution in [-0.4, -0.2) is 52.9 Å². The predicted molar refractivity (Wildman–Crippen MR) is 98.1 cm³/mol. The zero-order chi connectivity index (χ0) is 18.6. The van der Waals surface area contributed by atoms with Gasteiger partial charge in [-0.25, -0.2) is 4.79 Å². The molecule has 2 N–H and O–H groups in total. The highest BCUT2D eigenvalue weighted by Crippen LogP contribution is 2.33. The summed E-state index contributed by atoms with van der Waals surface area (Å²) in [4.78, 5) is 39.5. The molecular formula is C19H32N4O3. The fourth-order valence-electron chi connectivity index (χ4n) is 4.61. The van der Waals surface area contributed by atoms with E-state index in [-0.39, 0.29) is 18.4 Å². The minimum Gasteiger partial charge on any atom is -0.322 e. The Bertz CT molecular complexity index is 537. The van der Waals surface area contributed by atoms with Crippen LogP contribution >= 0.6 is 0 Å². The van der Waals surface area contributed by atoms with Crippen LogP contribution in [0.1, 0.15) is 77.0 Å². The second kappa shape index (κ2) is 8.37. The van der Waals surface area contributed by atoms with Crippen molar-refractivity contribution in [2.45, 2.75) is 88.6 Å². The third kappa shape index (κ3) is 4.19. The molecule has 2 aliphatic carbocycles. The highest BCUT2D eigenvalue weighted by molar-refractivity contribution is 6.08. The van der Waals surface area contributed by atoms with Gasteiger partial charge in [0.2, 0.25) is 0 Å². The monoisotopic (exact) mass is 364 g/mol. The van der Waals surface area contributed by atoms with Crippen LogP contribution in [0, 0.1) is 0 Å². The molecule has 0 atom stereocenters. The Morgan fingerprint density at radius 1 is 1.08 bits per heavy atom. The molecule has 146 valence electrons. The third-order valence-electron chi connectivity index (χ3n) is 6.20. The molecule has 0 radical (unpaired) electrons. The first-order valence-electron chi connectivity index (χ1n) is 10.2. The molecular weight excluding hydrogens is 332 g/mol. The van der Waals surface area contributed by atoms with Gasteiger partial charge in [0.05, 0.1) is 6.54 Å². The topological polar surface area (TPSA) is 81.8 Å². The average Bonchev–Trinajstić information content (AvgIpc) is 2.79. The van der Waals surface area contributed by atoms with Gasteiger partial charge in [-0.1, -0.05) is 51.4 Å². The number of amides is 4. The molecule has 1 spiro atoms. The van der Waals surface area contributed by atoms with E-state index in [0.717, 1.165) is 37.1 Å². The van der Waals surface area contributed by atoms with Gasteiger partial charge in [-0.3, -0.25) is 19.9 Å². The summed E-state index contributed by atoms with van der Waals surface area (Å²) in [6.07, 6.45) is 12.7. The van der Waals surface area contributed by atoms with Crippen LogP contribution in [0.2, 0.25) is 0 Å². The van der Waals surface area contributed by atoms with Crippen LogP contribution in [0.25, 0.3) is 0 Å². The van der Waals surface area contributed by atoms with E-state index in [2.05, 4.69) is 15.6 Å². The molecule has 26 heavy (non-hydrogen) atoms. The lowest BCUT2D eigenvalue weighted by molar-refractivity contribution is -0.140. The molecule has 4 amide bonds. The molecule has 1 aliphatic heterocycles. The van der Waals surface area contributed by atoms with E-state index >= 15 is 0 Å². The number of carbonyl (C=O) groups is 3. The second-order valence-electron chi connectivity index (χ2n) is 8.16. The molecule has 3 aliphatic rings. The zero-order valence-electron chi connectivity index (χ0n) is 15.9. The number of nitrogens with one attached hydrogen (secondary N) is 2. The molecule has 7 nitrogen and oxygen atoms in total. The summed E-state index contributed by atoms with van der Waals surface area (Å²) in [7, 11) is 1.96. The summed E-state index contributed by atoms with van der Waals surface area (Å²) in [5.74, 6) is -0.602. The fourth-order valence-corrected chi connectivity index (χ4v) is 4.61. The Balaban J connectivity index is 1.53. The van der Waals surface area contributed by atoms with Crippen LogP contribution in [0.3, 0.4) is 0 Å². The van der Waals surface area contributed by atoms with E-state index in [9.17, 15) is 14.4 Å². The molecule has 7 heteroatoms. The van der Waals surface area contributed by atoms with Crippen molar-refractivity contribution in [1.82, 2.24) is 20.7 Å². The molecule has 3 rings (SSSR count). The third-order valence-corrected chi connectivity index (χ3v) is 6.20. The van der Waals surface area contributed by atoms with Crippen molar-refractivity contribution in [2.24, 2.45) is 0 Å². The molecule has 0 aromatic rings. The van der Waals surface area contributed by atoms with Crippen molar-refractivity contribution in [2.75, 3.05) is 13.6 Å². The van der Waals surface area contributed by atoms with E-state index in [1.807, 2.05) is 7.05 Å². The van der Waals surface area contributed by atoms with Crippen LogP contribution < -0.4 is 10.7 Å². The van der Waals surface area contributed by atoms with Crippen molar-refractivity contribution < 1.29 is 14.4 Å². The minimum atomic E-state index is -0.798. The number of hydrazine groups is 1. The number of hydrogen-bond acceptors (Lipinski definition) is 4. The summed E-state index contributed by atoms with van der Waals surface area (Å²) in [5, 5.41) is 3.72. The van der Waals surface area contributed by atoms with Crippen molar-refractivity contribution in [3.8, 4) is 0 Å². The molecule has 0 aromatic carbocycles. The van der Waals surface area contributed by atoms with Gasteiger partial charge in [0.25, 0.3) is 11.8 Å². The normalized spacial score (nSPS) is 24.5. The van der Waals surface area contributed by atoms with Gasteiger partial charge in [-0.15, -0.1) is 0 Å². The number of hydrogen-bond donors (Lipinski definition) is 2. The SMILES string of the molecule is CN(CC(=O)NN1C(=O)NC2(CCCCC2)C1=O)C1CCCCCCC1. The van der Waals surface area contributed by atoms with E-state index in [1.165, 1.54) is 32.1 Å². The lowest BCUT2D eigenvalue weighted by atomic mass is 9.82. The number of nitrogens with zero attached hydrogens (tertiary/aromatic N) is 2. The molecule has 1 heterocycles. The predicted octanol–water partition coefficient (Wildman–Crippen LogP) is 2.32. The van der Waals surface area contributed by atoms with Crippen LogP contribution in [0.4, 0.5) is 4.79 Å². The first-order valence-corrected chi connectivity index (χ1v) is 10.2. The van der Waals surface area contributed by atoms with Gasteiger partial charge in [0.1, 0.15) is 5.54 Å². The largest absolute Gasteiger partial charge is 0.344 e. The van der Waals surface area contributed by atoms with E-state index < -0.39 is 11.6 Å². The fraction of sp³-hybridized carbons (Fsp3) is 0.842. The van der Waals surface area contributed by atoms with Gasteiger partial charge in [-0.05, 0) is 32.7 Å². The van der Waals surface area contributed by atoms with E-state index in [0.29, 0.717) is 18.9 Å². The average molecular weight is 364 g/mol. The lowest BCUT2D eigenvalue weighted by Gasteiger charge is -2.31. The maximum atomic E-state index is 12.7. The minimum absolute atomic E-state index is 0.203.